The van der Waals surface area contributed by atoms with Gasteiger partial charge in [-0.1, -0.05) is 13.8 Å². The molecule has 0 bridgehead atoms. The Labute approximate surface area is 133 Å². The van der Waals surface area contributed by atoms with Crippen LogP contribution in [-0.2, 0) is 6.42 Å². The van der Waals surface area contributed by atoms with Crippen LogP contribution in [0.3, 0.4) is 0 Å². The van der Waals surface area contributed by atoms with Gasteiger partial charge in [0.1, 0.15) is 5.82 Å². The third-order valence-electron chi connectivity index (χ3n) is 3.05. The summed E-state index contributed by atoms with van der Waals surface area (Å²) in [5.74, 6) is 1.77. The van der Waals surface area contributed by atoms with Gasteiger partial charge in [0, 0.05) is 12.0 Å². The van der Waals surface area contributed by atoms with Crippen molar-refractivity contribution in [1.82, 2.24) is 10.3 Å². The molecule has 0 unspecified atom stereocenters. The molecule has 0 radical (unpaired) electrons. The molecule has 0 spiro atoms. The van der Waals surface area contributed by atoms with Crippen molar-refractivity contribution >= 4 is 15.9 Å². The van der Waals surface area contributed by atoms with E-state index in [9.17, 15) is 4.39 Å². The highest BCUT2D eigenvalue weighted by Gasteiger charge is 2.08. The van der Waals surface area contributed by atoms with Gasteiger partial charge in [0.25, 0.3) is 0 Å². The molecule has 21 heavy (non-hydrogen) atoms. The average Bonchev–Trinajstić information content (AvgIpc) is 2.90. The number of nitrogens with one attached hydrogen (secondary N) is 1. The lowest BCUT2D eigenvalue weighted by molar-refractivity contribution is 0.483. The molecule has 0 saturated carbocycles. The molecule has 0 amide bonds. The van der Waals surface area contributed by atoms with E-state index in [1.807, 2.05) is 0 Å². The molecule has 0 aliphatic rings. The molecular formula is C16H20BrFN2O. The van der Waals surface area contributed by atoms with E-state index in [2.05, 4.69) is 40.1 Å². The van der Waals surface area contributed by atoms with E-state index in [1.54, 1.807) is 18.3 Å². The molecule has 114 valence electrons. The third-order valence-corrected chi connectivity index (χ3v) is 3.66. The van der Waals surface area contributed by atoms with Crippen LogP contribution in [0.1, 0.15) is 26.2 Å². The van der Waals surface area contributed by atoms with E-state index in [4.69, 9.17) is 4.42 Å². The minimum Gasteiger partial charge on any atom is -0.441 e. The first-order chi connectivity index (χ1) is 10.1. The number of nitrogens with zero attached hydrogens (tertiary/aromatic N) is 1. The Morgan fingerprint density at radius 1 is 1.38 bits per heavy atom. The van der Waals surface area contributed by atoms with Crippen molar-refractivity contribution in [3.8, 4) is 11.3 Å². The highest BCUT2D eigenvalue weighted by atomic mass is 79.9. The van der Waals surface area contributed by atoms with Gasteiger partial charge in [-0.3, -0.25) is 0 Å². The van der Waals surface area contributed by atoms with E-state index < -0.39 is 0 Å². The molecule has 2 rings (SSSR count). The number of benzene rings is 1. The topological polar surface area (TPSA) is 38.1 Å². The second kappa shape index (κ2) is 7.71. The summed E-state index contributed by atoms with van der Waals surface area (Å²) in [6.45, 7) is 6.36. The summed E-state index contributed by atoms with van der Waals surface area (Å²) in [5, 5.41) is 3.39. The Morgan fingerprint density at radius 3 is 2.90 bits per heavy atom. The zero-order valence-electron chi connectivity index (χ0n) is 12.3. The Morgan fingerprint density at radius 2 is 2.19 bits per heavy atom. The van der Waals surface area contributed by atoms with Crippen LogP contribution in [0.5, 0.6) is 0 Å². The molecule has 0 aliphatic carbocycles. The SMILES string of the molecule is CC(C)CNCCCc1ncc(-c2ccc(F)c(Br)c2)o1. The molecule has 1 heterocycles. The normalized spacial score (nSPS) is 11.3. The highest BCUT2D eigenvalue weighted by molar-refractivity contribution is 9.10. The second-order valence-corrected chi connectivity index (χ2v) is 6.30. The number of hydrogen-bond acceptors (Lipinski definition) is 3. The first kappa shape index (κ1) is 16.2. The van der Waals surface area contributed by atoms with Crippen molar-refractivity contribution in [3.63, 3.8) is 0 Å². The van der Waals surface area contributed by atoms with Crippen LogP contribution in [0, 0.1) is 11.7 Å². The van der Waals surface area contributed by atoms with Crippen molar-refractivity contribution < 1.29 is 8.81 Å². The maximum Gasteiger partial charge on any atom is 0.194 e. The van der Waals surface area contributed by atoms with Gasteiger partial charge in [-0.2, -0.15) is 0 Å². The molecule has 0 fully saturated rings. The Balaban J connectivity index is 1.87. The van der Waals surface area contributed by atoms with Crippen molar-refractivity contribution in [2.24, 2.45) is 5.92 Å². The summed E-state index contributed by atoms with van der Waals surface area (Å²) in [6, 6.07) is 4.80. The lowest BCUT2D eigenvalue weighted by atomic mass is 10.2. The summed E-state index contributed by atoms with van der Waals surface area (Å²) in [6.07, 6.45) is 3.48. The van der Waals surface area contributed by atoms with Crippen LogP contribution >= 0.6 is 15.9 Å². The van der Waals surface area contributed by atoms with Crippen LogP contribution in [0.4, 0.5) is 4.39 Å². The second-order valence-electron chi connectivity index (χ2n) is 5.45. The molecule has 0 atom stereocenters. The number of aromatic nitrogens is 1. The third kappa shape index (κ3) is 4.93. The molecule has 0 saturated heterocycles. The van der Waals surface area contributed by atoms with Crippen LogP contribution in [0.2, 0.25) is 0 Å². The number of aryl methyl sites for hydroxylation is 1. The minimum absolute atomic E-state index is 0.283. The fourth-order valence-corrected chi connectivity index (χ4v) is 2.34. The standard InChI is InChI=1S/C16H20BrFN2O/c1-11(2)9-19-7-3-4-16-20-10-15(21-16)12-5-6-14(18)13(17)8-12/h5-6,8,10-11,19H,3-4,7,9H2,1-2H3. The predicted octanol–water partition coefficient (Wildman–Crippen LogP) is 4.42. The fraction of sp³-hybridized carbons (Fsp3) is 0.438. The summed E-state index contributed by atoms with van der Waals surface area (Å²) in [7, 11) is 0. The number of hydrogen-bond donors (Lipinski definition) is 1. The largest absolute Gasteiger partial charge is 0.441 e. The van der Waals surface area contributed by atoms with E-state index >= 15 is 0 Å². The van der Waals surface area contributed by atoms with Gasteiger partial charge in [0.2, 0.25) is 0 Å². The van der Waals surface area contributed by atoms with Crippen molar-refractivity contribution in [2.75, 3.05) is 13.1 Å². The first-order valence-electron chi connectivity index (χ1n) is 7.17. The van der Waals surface area contributed by atoms with E-state index in [0.29, 0.717) is 16.2 Å². The van der Waals surface area contributed by atoms with E-state index in [-0.39, 0.29) is 5.82 Å². The molecule has 2 aromatic rings. The minimum atomic E-state index is -0.283. The summed E-state index contributed by atoms with van der Waals surface area (Å²) in [5.41, 5.74) is 0.819. The van der Waals surface area contributed by atoms with Gasteiger partial charge in [0.15, 0.2) is 11.7 Å². The molecule has 3 nitrogen and oxygen atoms in total. The smallest absolute Gasteiger partial charge is 0.194 e. The highest BCUT2D eigenvalue weighted by Crippen LogP contribution is 2.25. The van der Waals surface area contributed by atoms with E-state index in [1.165, 1.54) is 6.07 Å². The van der Waals surface area contributed by atoms with Crippen LogP contribution in [-0.4, -0.2) is 18.1 Å². The van der Waals surface area contributed by atoms with Crippen LogP contribution in [0.15, 0.2) is 33.3 Å². The molecule has 0 aliphatic heterocycles. The molecule has 1 aromatic carbocycles. The van der Waals surface area contributed by atoms with Gasteiger partial charge in [-0.05, 0) is 59.6 Å². The van der Waals surface area contributed by atoms with Crippen molar-refractivity contribution in [3.05, 3.63) is 40.6 Å². The quantitative estimate of drug-likeness (QED) is 0.747. The Hall–Kier alpha value is -1.20. The predicted molar refractivity (Wildman–Crippen MR) is 85.6 cm³/mol. The van der Waals surface area contributed by atoms with Crippen molar-refractivity contribution in [1.29, 1.82) is 0 Å². The number of halogens is 2. The van der Waals surface area contributed by atoms with Gasteiger partial charge in [0.05, 0.1) is 10.7 Å². The zero-order valence-corrected chi connectivity index (χ0v) is 13.9. The van der Waals surface area contributed by atoms with Gasteiger partial charge >= 0.3 is 0 Å². The fourth-order valence-electron chi connectivity index (χ4n) is 1.96. The molecule has 1 N–H and O–H groups in total. The lowest BCUT2D eigenvalue weighted by Gasteiger charge is -2.05. The maximum atomic E-state index is 13.2. The summed E-state index contributed by atoms with van der Waals surface area (Å²) in [4.78, 5) is 4.27. The molecular weight excluding hydrogens is 335 g/mol. The van der Waals surface area contributed by atoms with Crippen molar-refractivity contribution in [2.45, 2.75) is 26.7 Å². The zero-order chi connectivity index (χ0) is 15.2. The number of rotatable bonds is 7. The van der Waals surface area contributed by atoms with Gasteiger partial charge in [-0.25, -0.2) is 9.37 Å². The lowest BCUT2D eigenvalue weighted by Crippen LogP contribution is -2.21. The maximum absolute atomic E-state index is 13.2. The Bertz CT molecular complexity index is 583. The van der Waals surface area contributed by atoms with Crippen LogP contribution < -0.4 is 5.32 Å². The Kier molecular flexibility index (Phi) is 5.94. The molecule has 1 aromatic heterocycles. The average molecular weight is 355 g/mol. The van der Waals surface area contributed by atoms with Gasteiger partial charge in [-0.15, -0.1) is 0 Å². The monoisotopic (exact) mass is 354 g/mol. The number of oxazole rings is 1. The first-order valence-corrected chi connectivity index (χ1v) is 7.96. The summed E-state index contributed by atoms with van der Waals surface area (Å²) >= 11 is 3.18. The molecule has 5 heteroatoms. The van der Waals surface area contributed by atoms with Gasteiger partial charge < -0.3 is 9.73 Å². The van der Waals surface area contributed by atoms with Crippen LogP contribution in [0.25, 0.3) is 11.3 Å². The summed E-state index contributed by atoms with van der Waals surface area (Å²) < 4.78 is 19.4. The van der Waals surface area contributed by atoms with E-state index in [0.717, 1.165) is 37.4 Å².